The van der Waals surface area contributed by atoms with Crippen LogP contribution in [-0.4, -0.2) is 28.3 Å². The monoisotopic (exact) mass is 230 g/mol. The molecule has 0 spiro atoms. The Morgan fingerprint density at radius 3 is 2.82 bits per heavy atom. The van der Waals surface area contributed by atoms with Crippen molar-refractivity contribution in [2.24, 2.45) is 7.05 Å². The van der Waals surface area contributed by atoms with Crippen LogP contribution in [0.5, 0.6) is 0 Å². The van der Waals surface area contributed by atoms with E-state index in [1.807, 2.05) is 13.1 Å². The van der Waals surface area contributed by atoms with E-state index in [9.17, 15) is 4.79 Å². The Morgan fingerprint density at radius 2 is 2.24 bits per heavy atom. The highest BCUT2D eigenvalue weighted by Crippen LogP contribution is 2.17. The average Bonchev–Trinajstić information content (AvgIpc) is 2.83. The molecule has 2 heterocycles. The Labute approximate surface area is 99.3 Å². The van der Waals surface area contributed by atoms with Crippen LogP contribution in [0.15, 0.2) is 16.2 Å². The van der Waals surface area contributed by atoms with E-state index in [-0.39, 0.29) is 11.3 Å². The van der Waals surface area contributed by atoms with Crippen LogP contribution in [-0.2, 0) is 7.05 Å². The van der Waals surface area contributed by atoms with Gasteiger partial charge in [0.2, 0.25) is 0 Å². The fourth-order valence-electron chi connectivity index (χ4n) is 1.93. The van der Waals surface area contributed by atoms with Gasteiger partial charge in [0.25, 0.3) is 5.56 Å². The Kier molecular flexibility index (Phi) is 2.90. The summed E-state index contributed by atoms with van der Waals surface area (Å²) in [6.45, 7) is 1.02. The number of hydrogen-bond acceptors (Lipinski definition) is 3. The smallest absolute Gasteiger partial charge is 0.275 e. The fraction of sp³-hybridized carbons (Fsp3) is 0.417. The van der Waals surface area contributed by atoms with E-state index < -0.39 is 0 Å². The molecule has 1 aliphatic heterocycles. The van der Waals surface area contributed by atoms with Crippen LogP contribution >= 0.6 is 0 Å². The predicted octanol–water partition coefficient (Wildman–Crippen LogP) is 0.807. The summed E-state index contributed by atoms with van der Waals surface area (Å²) >= 11 is 0. The number of hydrogen-bond donors (Lipinski definition) is 1. The summed E-state index contributed by atoms with van der Waals surface area (Å²) in [6.07, 6.45) is 3.69. The zero-order valence-electron chi connectivity index (χ0n) is 9.95. The summed E-state index contributed by atoms with van der Waals surface area (Å²) in [5.74, 6) is 0. The maximum atomic E-state index is 11.7. The Morgan fingerprint density at radius 1 is 1.47 bits per heavy atom. The second-order valence-corrected chi connectivity index (χ2v) is 4.14. The molecule has 0 aromatic carbocycles. The highest BCUT2D eigenvalue weighted by molar-refractivity contribution is 5.54. The van der Waals surface area contributed by atoms with E-state index in [0.717, 1.165) is 25.1 Å². The molecule has 5 nitrogen and oxygen atoms in total. The minimum absolute atomic E-state index is 0.199. The van der Waals surface area contributed by atoms with Gasteiger partial charge in [-0.25, -0.2) is 0 Å². The molecule has 0 radical (unpaired) electrons. The number of allylic oxidation sites excluding steroid dienone is 1. The lowest BCUT2D eigenvalue weighted by atomic mass is 10.2. The topological polar surface area (TPSA) is 64.8 Å². The lowest BCUT2D eigenvalue weighted by molar-refractivity contribution is 0.482. The Hall–Kier alpha value is -2.18. The first kappa shape index (κ1) is 11.3. The molecule has 1 saturated heterocycles. The van der Waals surface area contributed by atoms with E-state index in [1.165, 1.54) is 4.68 Å². The predicted molar refractivity (Wildman–Crippen MR) is 64.1 cm³/mol. The van der Waals surface area contributed by atoms with Crippen molar-refractivity contribution in [2.75, 3.05) is 13.6 Å². The minimum atomic E-state index is -0.199. The zero-order chi connectivity index (χ0) is 12.4. The molecule has 1 aliphatic rings. The Bertz CT molecular complexity index is 593. The molecule has 5 heteroatoms. The summed E-state index contributed by atoms with van der Waals surface area (Å²) in [4.78, 5) is 13.8. The molecule has 0 atom stereocenters. The van der Waals surface area contributed by atoms with Gasteiger partial charge in [-0.1, -0.05) is 5.73 Å². The maximum Gasteiger partial charge on any atom is 0.275 e. The van der Waals surface area contributed by atoms with Crippen molar-refractivity contribution < 1.29 is 0 Å². The summed E-state index contributed by atoms with van der Waals surface area (Å²) in [7, 11) is 3.60. The third kappa shape index (κ3) is 2.03. The number of H-pyrrole nitrogens is 1. The molecular formula is C12H14N4O. The standard InChI is InChI=1S/C12H14N4O/c1-15-7-3-4-9(15)5-6-10-11(8-13)14-16(2)12(10)17/h6,14H,3-4,7H2,1-2H3. The molecule has 0 saturated carbocycles. The van der Waals surface area contributed by atoms with Crippen molar-refractivity contribution in [3.63, 3.8) is 0 Å². The van der Waals surface area contributed by atoms with Crippen molar-refractivity contribution in [1.29, 1.82) is 5.26 Å². The molecule has 2 rings (SSSR count). The van der Waals surface area contributed by atoms with E-state index in [1.54, 1.807) is 13.1 Å². The van der Waals surface area contributed by atoms with Crippen molar-refractivity contribution in [2.45, 2.75) is 12.8 Å². The van der Waals surface area contributed by atoms with Crippen molar-refractivity contribution in [1.82, 2.24) is 14.7 Å². The molecule has 1 fully saturated rings. The summed E-state index contributed by atoms with van der Waals surface area (Å²) in [5, 5.41) is 11.6. The first-order valence-corrected chi connectivity index (χ1v) is 5.49. The van der Waals surface area contributed by atoms with E-state index in [4.69, 9.17) is 5.26 Å². The van der Waals surface area contributed by atoms with Gasteiger partial charge in [0, 0.05) is 20.6 Å². The molecule has 0 aliphatic carbocycles. The average molecular weight is 230 g/mol. The number of aryl methyl sites for hydroxylation is 1. The number of nitriles is 1. The van der Waals surface area contributed by atoms with Gasteiger partial charge in [-0.3, -0.25) is 14.6 Å². The summed E-state index contributed by atoms with van der Waals surface area (Å²) in [5.41, 5.74) is 4.65. The normalized spacial score (nSPS) is 14.6. The van der Waals surface area contributed by atoms with Crippen molar-refractivity contribution >= 4 is 6.08 Å². The quantitative estimate of drug-likeness (QED) is 0.726. The SMILES string of the molecule is CN1CCCC1=C=Cc1c(C#N)[nH]n(C)c1=O. The van der Waals surface area contributed by atoms with Gasteiger partial charge in [0.15, 0.2) is 0 Å². The summed E-state index contributed by atoms with van der Waals surface area (Å²) < 4.78 is 1.30. The number of rotatable bonds is 1. The first-order chi connectivity index (χ1) is 8.13. The maximum absolute atomic E-state index is 11.7. The lowest BCUT2D eigenvalue weighted by Crippen LogP contribution is -2.13. The zero-order valence-corrected chi connectivity index (χ0v) is 9.95. The lowest BCUT2D eigenvalue weighted by Gasteiger charge is -2.08. The van der Waals surface area contributed by atoms with Crippen LogP contribution in [0.3, 0.4) is 0 Å². The third-order valence-corrected chi connectivity index (χ3v) is 2.95. The number of nitrogens with one attached hydrogen (secondary N) is 1. The molecule has 0 unspecified atom stereocenters. The van der Waals surface area contributed by atoms with E-state index in [0.29, 0.717) is 5.56 Å². The molecule has 1 aromatic heterocycles. The third-order valence-electron chi connectivity index (χ3n) is 2.95. The van der Waals surface area contributed by atoms with Gasteiger partial charge >= 0.3 is 0 Å². The van der Waals surface area contributed by atoms with Crippen LogP contribution in [0.25, 0.3) is 6.08 Å². The molecule has 17 heavy (non-hydrogen) atoms. The number of likely N-dealkylation sites (tertiary alicyclic amines) is 1. The van der Waals surface area contributed by atoms with Crippen LogP contribution in [0.1, 0.15) is 24.1 Å². The van der Waals surface area contributed by atoms with Gasteiger partial charge in [0.05, 0.1) is 11.3 Å². The number of aromatic nitrogens is 2. The first-order valence-electron chi connectivity index (χ1n) is 5.49. The van der Waals surface area contributed by atoms with Gasteiger partial charge in [-0.15, -0.1) is 0 Å². The molecule has 0 bridgehead atoms. The van der Waals surface area contributed by atoms with Crippen molar-refractivity contribution in [3.05, 3.63) is 33.0 Å². The van der Waals surface area contributed by atoms with Gasteiger partial charge in [-0.2, -0.15) is 5.26 Å². The molecule has 0 amide bonds. The van der Waals surface area contributed by atoms with Gasteiger partial charge in [0.1, 0.15) is 11.8 Å². The van der Waals surface area contributed by atoms with Crippen molar-refractivity contribution in [3.8, 4) is 6.07 Å². The molecule has 1 N–H and O–H groups in total. The van der Waals surface area contributed by atoms with Crippen LogP contribution in [0.4, 0.5) is 0 Å². The fourth-order valence-corrected chi connectivity index (χ4v) is 1.93. The minimum Gasteiger partial charge on any atom is -0.372 e. The van der Waals surface area contributed by atoms with Gasteiger partial charge in [-0.05, 0) is 18.9 Å². The highest BCUT2D eigenvalue weighted by atomic mass is 16.1. The molecular weight excluding hydrogens is 216 g/mol. The van der Waals surface area contributed by atoms with E-state index >= 15 is 0 Å². The highest BCUT2D eigenvalue weighted by Gasteiger charge is 2.12. The van der Waals surface area contributed by atoms with Crippen LogP contribution in [0, 0.1) is 11.3 Å². The Balaban J connectivity index is 2.47. The second kappa shape index (κ2) is 4.36. The van der Waals surface area contributed by atoms with Crippen LogP contribution < -0.4 is 5.56 Å². The number of nitrogens with zero attached hydrogens (tertiary/aromatic N) is 3. The van der Waals surface area contributed by atoms with E-state index in [2.05, 4.69) is 15.7 Å². The largest absolute Gasteiger partial charge is 0.372 e. The molecule has 88 valence electrons. The number of aromatic amines is 1. The summed E-state index contributed by atoms with van der Waals surface area (Å²) in [6, 6.07) is 1.97. The van der Waals surface area contributed by atoms with Crippen LogP contribution in [0.2, 0.25) is 0 Å². The molecule has 1 aromatic rings. The van der Waals surface area contributed by atoms with Gasteiger partial charge < -0.3 is 4.90 Å². The second-order valence-electron chi connectivity index (χ2n) is 4.14.